The number of unbranched alkanes of at least 4 members (excludes halogenated alkanes) is 1. The highest BCUT2D eigenvalue weighted by molar-refractivity contribution is 6.83. The van der Waals surface area contributed by atoms with E-state index in [0.29, 0.717) is 0 Å². The average Bonchev–Trinajstić information content (AvgIpc) is 2.47. The SMILES string of the molecule is CCCCC1=CC([Si](C)(C)C)=CC1. The lowest BCUT2D eigenvalue weighted by Gasteiger charge is -2.15. The van der Waals surface area contributed by atoms with Gasteiger partial charge >= 0.3 is 0 Å². The molecule has 1 rings (SSSR count). The molecule has 0 radical (unpaired) electrons. The topological polar surface area (TPSA) is 0 Å². The van der Waals surface area contributed by atoms with Crippen molar-refractivity contribution in [1.82, 2.24) is 0 Å². The van der Waals surface area contributed by atoms with E-state index >= 15 is 0 Å². The Kier molecular flexibility index (Phi) is 3.54. The van der Waals surface area contributed by atoms with Crippen molar-refractivity contribution in [2.45, 2.75) is 52.2 Å². The fourth-order valence-corrected chi connectivity index (χ4v) is 3.03. The van der Waals surface area contributed by atoms with Gasteiger partial charge in [-0.25, -0.2) is 0 Å². The van der Waals surface area contributed by atoms with E-state index in [1.54, 1.807) is 10.8 Å². The summed E-state index contributed by atoms with van der Waals surface area (Å²) >= 11 is 0. The molecule has 74 valence electrons. The average molecular weight is 194 g/mol. The maximum atomic E-state index is 2.47. The van der Waals surface area contributed by atoms with Crippen LogP contribution >= 0.6 is 0 Å². The molecule has 1 aliphatic carbocycles. The molecule has 0 amide bonds. The first-order chi connectivity index (χ1) is 6.04. The van der Waals surface area contributed by atoms with Gasteiger partial charge in [0.25, 0.3) is 0 Å². The van der Waals surface area contributed by atoms with Gasteiger partial charge in [-0.05, 0) is 19.3 Å². The van der Waals surface area contributed by atoms with Crippen LogP contribution in [-0.2, 0) is 0 Å². The maximum absolute atomic E-state index is 2.47. The molecule has 0 N–H and O–H groups in total. The van der Waals surface area contributed by atoms with Gasteiger partial charge in [0, 0.05) is 0 Å². The van der Waals surface area contributed by atoms with E-state index in [0.717, 1.165) is 0 Å². The summed E-state index contributed by atoms with van der Waals surface area (Å²) in [6, 6.07) is 0. The third kappa shape index (κ3) is 3.15. The first-order valence-corrected chi connectivity index (χ1v) is 8.94. The molecule has 0 aromatic carbocycles. The van der Waals surface area contributed by atoms with Gasteiger partial charge in [0.1, 0.15) is 0 Å². The highest BCUT2D eigenvalue weighted by Gasteiger charge is 2.20. The summed E-state index contributed by atoms with van der Waals surface area (Å²) in [5.74, 6) is 0. The summed E-state index contributed by atoms with van der Waals surface area (Å²) in [7, 11) is -1.02. The summed E-state index contributed by atoms with van der Waals surface area (Å²) in [6.45, 7) is 9.55. The van der Waals surface area contributed by atoms with Gasteiger partial charge in [-0.3, -0.25) is 0 Å². The van der Waals surface area contributed by atoms with Crippen molar-refractivity contribution in [1.29, 1.82) is 0 Å². The molecule has 0 unspecified atom stereocenters. The Morgan fingerprint density at radius 1 is 1.31 bits per heavy atom. The van der Waals surface area contributed by atoms with Crippen molar-refractivity contribution in [2.24, 2.45) is 0 Å². The molecule has 0 heterocycles. The lowest BCUT2D eigenvalue weighted by Crippen LogP contribution is -2.21. The molecule has 0 aromatic heterocycles. The van der Waals surface area contributed by atoms with Gasteiger partial charge in [-0.2, -0.15) is 0 Å². The van der Waals surface area contributed by atoms with Crippen LogP contribution in [0.15, 0.2) is 22.9 Å². The molecule has 0 aromatic rings. The Balaban J connectivity index is 2.51. The normalized spacial score (nSPS) is 17.2. The Morgan fingerprint density at radius 2 is 2.00 bits per heavy atom. The zero-order valence-electron chi connectivity index (χ0n) is 9.48. The second-order valence-corrected chi connectivity index (χ2v) is 10.1. The Hall–Kier alpha value is -0.303. The van der Waals surface area contributed by atoms with Crippen molar-refractivity contribution in [3.63, 3.8) is 0 Å². The highest BCUT2D eigenvalue weighted by Crippen LogP contribution is 2.28. The standard InChI is InChI=1S/C12H22Si/c1-5-6-7-11-8-9-12(10-11)13(2,3)4/h9-10H,5-8H2,1-4H3. The van der Waals surface area contributed by atoms with Gasteiger partial charge in [-0.1, -0.05) is 55.9 Å². The molecular weight excluding hydrogens is 172 g/mol. The lowest BCUT2D eigenvalue weighted by molar-refractivity contribution is 0.779. The van der Waals surface area contributed by atoms with Crippen LogP contribution in [0.3, 0.4) is 0 Å². The molecule has 0 saturated carbocycles. The Bertz CT molecular complexity index is 228. The van der Waals surface area contributed by atoms with Crippen molar-refractivity contribution in [3.05, 3.63) is 22.9 Å². The minimum Gasteiger partial charge on any atom is -0.0812 e. The molecule has 0 bridgehead atoms. The second-order valence-electron chi connectivity index (χ2n) is 5.02. The fraction of sp³-hybridized carbons (Fsp3) is 0.667. The molecule has 13 heavy (non-hydrogen) atoms. The molecule has 1 heteroatoms. The van der Waals surface area contributed by atoms with Crippen LogP contribution in [0.25, 0.3) is 0 Å². The summed E-state index contributed by atoms with van der Waals surface area (Å²) in [5, 5.41) is 1.67. The van der Waals surface area contributed by atoms with Crippen molar-refractivity contribution in [2.75, 3.05) is 0 Å². The third-order valence-corrected chi connectivity index (χ3v) is 4.74. The highest BCUT2D eigenvalue weighted by atomic mass is 28.3. The largest absolute Gasteiger partial charge is 0.0812 e. The van der Waals surface area contributed by atoms with Crippen LogP contribution in [0.4, 0.5) is 0 Å². The molecule has 0 fully saturated rings. The molecule has 0 aliphatic heterocycles. The van der Waals surface area contributed by atoms with E-state index in [4.69, 9.17) is 0 Å². The third-order valence-electron chi connectivity index (χ3n) is 2.66. The monoisotopic (exact) mass is 194 g/mol. The van der Waals surface area contributed by atoms with Crippen LogP contribution in [0.2, 0.25) is 19.6 Å². The van der Waals surface area contributed by atoms with E-state index in [1.165, 1.54) is 25.7 Å². The molecule has 0 saturated heterocycles. The van der Waals surface area contributed by atoms with Gasteiger partial charge in [0.2, 0.25) is 0 Å². The van der Waals surface area contributed by atoms with Gasteiger partial charge < -0.3 is 0 Å². The van der Waals surface area contributed by atoms with E-state index < -0.39 is 8.07 Å². The lowest BCUT2D eigenvalue weighted by atomic mass is 10.1. The summed E-state index contributed by atoms with van der Waals surface area (Å²) in [6.07, 6.45) is 10.2. The van der Waals surface area contributed by atoms with Crippen molar-refractivity contribution in [3.8, 4) is 0 Å². The summed E-state index contributed by atoms with van der Waals surface area (Å²) in [5.41, 5.74) is 1.67. The van der Waals surface area contributed by atoms with Crippen molar-refractivity contribution >= 4 is 8.07 Å². The fourth-order valence-electron chi connectivity index (χ4n) is 1.68. The van der Waals surface area contributed by atoms with Crippen molar-refractivity contribution < 1.29 is 0 Å². The van der Waals surface area contributed by atoms with E-state index in [2.05, 4.69) is 38.7 Å². The minimum atomic E-state index is -1.02. The Morgan fingerprint density at radius 3 is 2.46 bits per heavy atom. The maximum Gasteiger partial charge on any atom is 0.0771 e. The summed E-state index contributed by atoms with van der Waals surface area (Å²) in [4.78, 5) is 0. The zero-order valence-corrected chi connectivity index (χ0v) is 10.5. The molecule has 1 aliphatic rings. The molecule has 0 spiro atoms. The van der Waals surface area contributed by atoms with Gasteiger partial charge in [0.15, 0.2) is 0 Å². The number of hydrogen-bond donors (Lipinski definition) is 0. The first-order valence-electron chi connectivity index (χ1n) is 5.44. The number of allylic oxidation sites excluding steroid dienone is 4. The van der Waals surface area contributed by atoms with E-state index in [-0.39, 0.29) is 0 Å². The number of rotatable bonds is 4. The Labute approximate surface area is 83.7 Å². The number of hydrogen-bond acceptors (Lipinski definition) is 0. The minimum absolute atomic E-state index is 1.02. The predicted octanol–water partition coefficient (Wildman–Crippen LogP) is 4.31. The molecular formula is C12H22Si. The molecule has 0 atom stereocenters. The van der Waals surface area contributed by atoms with Crippen LogP contribution in [0.5, 0.6) is 0 Å². The summed E-state index contributed by atoms with van der Waals surface area (Å²) < 4.78 is 0. The van der Waals surface area contributed by atoms with Crippen LogP contribution < -0.4 is 0 Å². The molecule has 0 nitrogen and oxygen atoms in total. The van der Waals surface area contributed by atoms with E-state index in [1.807, 2.05) is 0 Å². The smallest absolute Gasteiger partial charge is 0.0771 e. The van der Waals surface area contributed by atoms with Gasteiger partial charge in [-0.15, -0.1) is 0 Å². The van der Waals surface area contributed by atoms with Crippen LogP contribution in [0, 0.1) is 0 Å². The van der Waals surface area contributed by atoms with Crippen LogP contribution in [-0.4, -0.2) is 8.07 Å². The quantitative estimate of drug-likeness (QED) is 0.585. The van der Waals surface area contributed by atoms with E-state index in [9.17, 15) is 0 Å². The van der Waals surface area contributed by atoms with Crippen LogP contribution in [0.1, 0.15) is 32.6 Å². The zero-order chi connectivity index (χ0) is 9.90. The predicted molar refractivity (Wildman–Crippen MR) is 63.7 cm³/mol. The first kappa shape index (κ1) is 10.8. The van der Waals surface area contributed by atoms with Gasteiger partial charge in [0.05, 0.1) is 8.07 Å². The second kappa shape index (κ2) is 4.27.